The summed E-state index contributed by atoms with van der Waals surface area (Å²) in [5.74, 6) is 0. The monoisotopic (exact) mass is 190 g/mol. The van der Waals surface area contributed by atoms with Gasteiger partial charge in [0.05, 0.1) is 11.1 Å². The molecule has 2 nitrogen and oxygen atoms in total. The molecule has 0 N–H and O–H groups in total. The van der Waals surface area contributed by atoms with Crippen LogP contribution in [0.5, 0.6) is 0 Å². The number of halogens is 1. The van der Waals surface area contributed by atoms with E-state index >= 15 is 0 Å². The molecule has 1 aromatic carbocycles. The van der Waals surface area contributed by atoms with E-state index in [0.29, 0.717) is 10.7 Å². The van der Waals surface area contributed by atoms with E-state index in [2.05, 4.69) is 6.07 Å². The molecule has 3 heteroatoms. The Kier molecular flexibility index (Phi) is 1.75. The van der Waals surface area contributed by atoms with E-state index in [9.17, 15) is 0 Å². The molecular weight excluding hydrogens is 184 g/mol. The molecular formula is C10H7ClN2. The summed E-state index contributed by atoms with van der Waals surface area (Å²) in [6.07, 6.45) is 0. The summed E-state index contributed by atoms with van der Waals surface area (Å²) < 4.78 is 1.81. The van der Waals surface area contributed by atoms with Gasteiger partial charge in [-0.2, -0.15) is 5.26 Å². The van der Waals surface area contributed by atoms with Gasteiger partial charge < -0.3 is 4.57 Å². The van der Waals surface area contributed by atoms with Crippen molar-refractivity contribution in [1.29, 1.82) is 5.26 Å². The van der Waals surface area contributed by atoms with E-state index in [4.69, 9.17) is 16.9 Å². The number of aromatic nitrogens is 1. The van der Waals surface area contributed by atoms with Crippen LogP contribution in [-0.2, 0) is 7.05 Å². The van der Waals surface area contributed by atoms with Crippen LogP contribution in [0.15, 0.2) is 24.3 Å². The molecule has 0 fully saturated rings. The van der Waals surface area contributed by atoms with Crippen molar-refractivity contribution in [2.75, 3.05) is 0 Å². The molecule has 0 aliphatic heterocycles. The Morgan fingerprint density at radius 3 is 2.77 bits per heavy atom. The van der Waals surface area contributed by atoms with Crippen LogP contribution < -0.4 is 0 Å². The first kappa shape index (κ1) is 8.15. The smallest absolute Gasteiger partial charge is 0.127 e. The van der Waals surface area contributed by atoms with Crippen LogP contribution in [0.1, 0.15) is 5.56 Å². The summed E-state index contributed by atoms with van der Waals surface area (Å²) in [4.78, 5) is 0. The third-order valence-electron chi connectivity index (χ3n) is 2.15. The highest BCUT2D eigenvalue weighted by molar-refractivity contribution is 6.32. The van der Waals surface area contributed by atoms with Crippen LogP contribution in [-0.4, -0.2) is 4.57 Å². The molecule has 13 heavy (non-hydrogen) atoms. The fraction of sp³-hybridized carbons (Fsp3) is 0.100. The standard InChI is InChI=1S/C10H7ClN2/c1-13-9-5-3-2-4-7(9)8(6-12)10(13)11/h2-5H,1H3. The van der Waals surface area contributed by atoms with E-state index in [1.807, 2.05) is 35.9 Å². The number of hydrogen-bond donors (Lipinski definition) is 0. The van der Waals surface area contributed by atoms with Crippen molar-refractivity contribution in [1.82, 2.24) is 4.57 Å². The lowest BCUT2D eigenvalue weighted by atomic mass is 10.2. The maximum atomic E-state index is 8.88. The second-order valence-corrected chi connectivity index (χ2v) is 3.21. The van der Waals surface area contributed by atoms with Crippen LogP contribution in [0.25, 0.3) is 10.9 Å². The molecule has 2 aromatic rings. The zero-order chi connectivity index (χ0) is 9.42. The fourth-order valence-electron chi connectivity index (χ4n) is 1.47. The van der Waals surface area contributed by atoms with Crippen LogP contribution in [0, 0.1) is 11.3 Å². The van der Waals surface area contributed by atoms with E-state index in [1.54, 1.807) is 0 Å². The number of hydrogen-bond acceptors (Lipinski definition) is 1. The van der Waals surface area contributed by atoms with Crippen LogP contribution in [0.2, 0.25) is 5.15 Å². The fourth-order valence-corrected chi connectivity index (χ4v) is 1.70. The Labute approximate surface area is 81.0 Å². The normalized spacial score (nSPS) is 10.2. The van der Waals surface area contributed by atoms with E-state index < -0.39 is 0 Å². The predicted molar refractivity (Wildman–Crippen MR) is 52.6 cm³/mol. The number of benzene rings is 1. The molecule has 0 saturated carbocycles. The van der Waals surface area contributed by atoms with E-state index in [-0.39, 0.29) is 0 Å². The van der Waals surface area contributed by atoms with Crippen molar-refractivity contribution in [2.45, 2.75) is 0 Å². The van der Waals surface area contributed by atoms with E-state index in [1.165, 1.54) is 0 Å². The molecule has 0 spiro atoms. The highest BCUT2D eigenvalue weighted by atomic mass is 35.5. The van der Waals surface area contributed by atoms with Gasteiger partial charge in [0.2, 0.25) is 0 Å². The van der Waals surface area contributed by atoms with Gasteiger partial charge in [-0.1, -0.05) is 29.8 Å². The summed E-state index contributed by atoms with van der Waals surface area (Å²) in [6.45, 7) is 0. The molecule has 0 unspecified atom stereocenters. The number of nitrogens with zero attached hydrogens (tertiary/aromatic N) is 2. The zero-order valence-corrected chi connectivity index (χ0v) is 7.84. The van der Waals surface area contributed by atoms with Gasteiger partial charge in [-0.05, 0) is 6.07 Å². The molecule has 0 radical (unpaired) electrons. The van der Waals surface area contributed by atoms with Crippen molar-refractivity contribution in [3.8, 4) is 6.07 Å². The number of nitriles is 1. The lowest BCUT2D eigenvalue weighted by Crippen LogP contribution is -1.85. The summed E-state index contributed by atoms with van der Waals surface area (Å²) in [5, 5.41) is 10.3. The lowest BCUT2D eigenvalue weighted by molar-refractivity contribution is 0.968. The largest absolute Gasteiger partial charge is 0.334 e. The minimum absolute atomic E-state index is 0.503. The minimum Gasteiger partial charge on any atom is -0.334 e. The Balaban J connectivity index is 3.00. The summed E-state index contributed by atoms with van der Waals surface area (Å²) >= 11 is 5.98. The van der Waals surface area contributed by atoms with E-state index in [0.717, 1.165) is 10.9 Å². The van der Waals surface area contributed by atoms with Crippen molar-refractivity contribution >= 4 is 22.5 Å². The van der Waals surface area contributed by atoms with Crippen LogP contribution >= 0.6 is 11.6 Å². The second kappa shape index (κ2) is 2.79. The number of aryl methyl sites for hydroxylation is 1. The van der Waals surface area contributed by atoms with Crippen molar-refractivity contribution in [2.24, 2.45) is 7.05 Å². The van der Waals surface area contributed by atoms with Gasteiger partial charge in [-0.25, -0.2) is 0 Å². The second-order valence-electron chi connectivity index (χ2n) is 2.85. The highest BCUT2D eigenvalue weighted by Gasteiger charge is 2.11. The van der Waals surface area contributed by atoms with Gasteiger partial charge >= 0.3 is 0 Å². The first-order valence-electron chi connectivity index (χ1n) is 3.88. The van der Waals surface area contributed by atoms with Gasteiger partial charge in [-0.3, -0.25) is 0 Å². The molecule has 1 heterocycles. The van der Waals surface area contributed by atoms with Crippen molar-refractivity contribution in [3.05, 3.63) is 35.0 Å². The van der Waals surface area contributed by atoms with Gasteiger partial charge in [0, 0.05) is 12.4 Å². The summed E-state index contributed by atoms with van der Waals surface area (Å²) in [6, 6.07) is 9.79. The van der Waals surface area contributed by atoms with Gasteiger partial charge in [0.15, 0.2) is 0 Å². The SMILES string of the molecule is Cn1c(Cl)c(C#N)c2ccccc21. The average molecular weight is 191 g/mol. The van der Waals surface area contributed by atoms with Crippen LogP contribution in [0.3, 0.4) is 0 Å². The Bertz CT molecular complexity index is 505. The van der Waals surface area contributed by atoms with Gasteiger partial charge in [0.1, 0.15) is 11.2 Å². The molecule has 2 rings (SSSR count). The van der Waals surface area contributed by atoms with Crippen molar-refractivity contribution < 1.29 is 0 Å². The molecule has 0 aliphatic carbocycles. The first-order chi connectivity index (χ1) is 6.25. The maximum Gasteiger partial charge on any atom is 0.127 e. The molecule has 64 valence electrons. The Hall–Kier alpha value is -1.46. The molecule has 1 aromatic heterocycles. The molecule has 0 atom stereocenters. The highest BCUT2D eigenvalue weighted by Crippen LogP contribution is 2.27. The molecule has 0 bridgehead atoms. The van der Waals surface area contributed by atoms with Gasteiger partial charge in [-0.15, -0.1) is 0 Å². The summed E-state index contributed by atoms with van der Waals surface area (Å²) in [5.41, 5.74) is 1.55. The van der Waals surface area contributed by atoms with Gasteiger partial charge in [0.25, 0.3) is 0 Å². The topological polar surface area (TPSA) is 28.7 Å². The number of rotatable bonds is 0. The zero-order valence-electron chi connectivity index (χ0n) is 7.08. The Morgan fingerprint density at radius 2 is 2.08 bits per heavy atom. The number of para-hydroxylation sites is 1. The predicted octanol–water partition coefficient (Wildman–Crippen LogP) is 2.70. The lowest BCUT2D eigenvalue weighted by Gasteiger charge is -1.94. The Morgan fingerprint density at radius 1 is 1.38 bits per heavy atom. The summed E-state index contributed by atoms with van der Waals surface area (Å²) in [7, 11) is 1.85. The average Bonchev–Trinajstić information content (AvgIpc) is 2.41. The maximum absolute atomic E-state index is 8.88. The third kappa shape index (κ3) is 1.01. The minimum atomic E-state index is 0.503. The van der Waals surface area contributed by atoms with Crippen LogP contribution in [0.4, 0.5) is 0 Å². The quantitative estimate of drug-likeness (QED) is 0.628. The number of fused-ring (bicyclic) bond motifs is 1. The molecule has 0 amide bonds. The molecule has 0 saturated heterocycles. The molecule has 0 aliphatic rings. The third-order valence-corrected chi connectivity index (χ3v) is 2.59. The first-order valence-corrected chi connectivity index (χ1v) is 4.26. The van der Waals surface area contributed by atoms with Crippen molar-refractivity contribution in [3.63, 3.8) is 0 Å².